The highest BCUT2D eigenvalue weighted by Crippen LogP contribution is 2.31. The molecule has 0 amide bonds. The van der Waals surface area contributed by atoms with Gasteiger partial charge in [-0.1, -0.05) is 12.2 Å². The van der Waals surface area contributed by atoms with E-state index in [0.29, 0.717) is 5.76 Å². The number of fused-ring (bicyclic) bond motifs is 1. The van der Waals surface area contributed by atoms with Crippen LogP contribution in [0.4, 0.5) is 0 Å². The molecule has 1 aromatic rings. The highest BCUT2D eigenvalue weighted by Gasteiger charge is 2.26. The normalized spacial score (nSPS) is 27.2. The highest BCUT2D eigenvalue weighted by molar-refractivity contribution is 5.59. The first-order valence-corrected chi connectivity index (χ1v) is 3.82. The molecule has 1 aromatic heterocycles. The fourth-order valence-electron chi connectivity index (χ4n) is 1.37. The first kappa shape index (κ1) is 7.58. The van der Waals surface area contributed by atoms with E-state index in [1.165, 1.54) is 0 Å². The zero-order valence-corrected chi connectivity index (χ0v) is 6.69. The minimum Gasteiger partial charge on any atom is -0.466 e. The summed E-state index contributed by atoms with van der Waals surface area (Å²) in [6.45, 7) is 1.90. The van der Waals surface area contributed by atoms with Crippen molar-refractivity contribution in [3.63, 3.8) is 0 Å². The summed E-state index contributed by atoms with van der Waals surface area (Å²) < 4.78 is 5.11. The third-order valence-corrected chi connectivity index (χ3v) is 2.11. The molecule has 1 heterocycles. The molecule has 2 unspecified atom stereocenters. The van der Waals surface area contributed by atoms with Gasteiger partial charge in [0.2, 0.25) is 0 Å². The Labute approximate surface area is 69.9 Å². The van der Waals surface area contributed by atoms with Crippen molar-refractivity contribution in [2.24, 2.45) is 0 Å². The van der Waals surface area contributed by atoms with Gasteiger partial charge < -0.3 is 14.6 Å². The summed E-state index contributed by atoms with van der Waals surface area (Å²) in [5.74, 6) is 0.461. The first-order valence-electron chi connectivity index (χ1n) is 3.82. The number of rotatable bonds is 0. The fraction of sp³-hybridized carbons (Fsp3) is 0.333. The van der Waals surface area contributed by atoms with Gasteiger partial charge in [0.05, 0.1) is 6.26 Å². The predicted molar refractivity (Wildman–Crippen MR) is 43.4 cm³/mol. The number of hydrogen-bond donors (Lipinski definition) is 2. The highest BCUT2D eigenvalue weighted by atomic mass is 16.4. The van der Waals surface area contributed by atoms with Crippen molar-refractivity contribution in [2.45, 2.75) is 19.1 Å². The van der Waals surface area contributed by atoms with Gasteiger partial charge in [0.25, 0.3) is 0 Å². The second kappa shape index (κ2) is 2.47. The Morgan fingerprint density at radius 3 is 2.92 bits per heavy atom. The lowest BCUT2D eigenvalue weighted by Crippen LogP contribution is -2.18. The van der Waals surface area contributed by atoms with E-state index in [2.05, 4.69) is 0 Å². The Kier molecular flexibility index (Phi) is 1.56. The molecule has 12 heavy (non-hydrogen) atoms. The zero-order valence-electron chi connectivity index (χ0n) is 6.69. The Hall–Kier alpha value is -1.06. The molecule has 0 aromatic carbocycles. The Morgan fingerprint density at radius 1 is 1.42 bits per heavy atom. The number of aliphatic hydroxyl groups is 2. The van der Waals surface area contributed by atoms with Crippen LogP contribution in [0.2, 0.25) is 0 Å². The SMILES string of the molecule is Cc1coc2c1C=CC(O)C2O. The number of aryl methyl sites for hydroxylation is 1. The summed E-state index contributed by atoms with van der Waals surface area (Å²) in [7, 11) is 0. The van der Waals surface area contributed by atoms with Crippen molar-refractivity contribution in [3.8, 4) is 0 Å². The van der Waals surface area contributed by atoms with E-state index in [4.69, 9.17) is 4.42 Å². The van der Waals surface area contributed by atoms with Crippen molar-refractivity contribution in [1.82, 2.24) is 0 Å². The molecular weight excluding hydrogens is 156 g/mol. The number of hydrogen-bond acceptors (Lipinski definition) is 3. The monoisotopic (exact) mass is 166 g/mol. The summed E-state index contributed by atoms with van der Waals surface area (Å²) in [5.41, 5.74) is 1.86. The lowest BCUT2D eigenvalue weighted by molar-refractivity contribution is 0.0320. The fourth-order valence-corrected chi connectivity index (χ4v) is 1.37. The van der Waals surface area contributed by atoms with E-state index < -0.39 is 12.2 Å². The molecule has 0 bridgehead atoms. The van der Waals surface area contributed by atoms with E-state index in [1.807, 2.05) is 6.92 Å². The van der Waals surface area contributed by atoms with Crippen LogP contribution in [-0.2, 0) is 0 Å². The van der Waals surface area contributed by atoms with Gasteiger partial charge in [-0.05, 0) is 12.5 Å². The zero-order chi connectivity index (χ0) is 8.72. The van der Waals surface area contributed by atoms with Crippen LogP contribution in [0.1, 0.15) is 23.0 Å². The van der Waals surface area contributed by atoms with Crippen LogP contribution >= 0.6 is 0 Å². The third kappa shape index (κ3) is 0.906. The van der Waals surface area contributed by atoms with Crippen LogP contribution in [0.5, 0.6) is 0 Å². The van der Waals surface area contributed by atoms with Gasteiger partial charge in [-0.25, -0.2) is 0 Å². The van der Waals surface area contributed by atoms with E-state index >= 15 is 0 Å². The topological polar surface area (TPSA) is 53.6 Å². The van der Waals surface area contributed by atoms with Gasteiger partial charge in [0.15, 0.2) is 0 Å². The molecule has 64 valence electrons. The molecule has 0 radical (unpaired) electrons. The summed E-state index contributed by atoms with van der Waals surface area (Å²) in [4.78, 5) is 0. The van der Waals surface area contributed by atoms with E-state index in [1.54, 1.807) is 18.4 Å². The maximum absolute atomic E-state index is 9.45. The van der Waals surface area contributed by atoms with Crippen LogP contribution in [0.25, 0.3) is 6.08 Å². The summed E-state index contributed by atoms with van der Waals surface area (Å²) in [6, 6.07) is 0. The van der Waals surface area contributed by atoms with Gasteiger partial charge in [0, 0.05) is 5.56 Å². The lowest BCUT2D eigenvalue weighted by Gasteiger charge is -2.17. The van der Waals surface area contributed by atoms with Crippen LogP contribution < -0.4 is 0 Å². The molecule has 1 aliphatic rings. The van der Waals surface area contributed by atoms with Gasteiger partial charge in [-0.3, -0.25) is 0 Å². The molecule has 2 atom stereocenters. The Balaban J connectivity index is 2.53. The van der Waals surface area contributed by atoms with E-state index in [-0.39, 0.29) is 0 Å². The van der Waals surface area contributed by atoms with Crippen LogP contribution in [0, 0.1) is 6.92 Å². The maximum atomic E-state index is 9.45. The molecule has 0 spiro atoms. The number of furan rings is 1. The van der Waals surface area contributed by atoms with E-state index in [9.17, 15) is 10.2 Å². The standard InChI is InChI=1S/C9H10O3/c1-5-4-12-9-6(5)2-3-7(10)8(9)11/h2-4,7-8,10-11H,1H3. The molecule has 1 aliphatic carbocycles. The smallest absolute Gasteiger partial charge is 0.142 e. The molecule has 0 aliphatic heterocycles. The van der Waals surface area contributed by atoms with Crippen molar-refractivity contribution in [2.75, 3.05) is 0 Å². The summed E-state index contributed by atoms with van der Waals surface area (Å²) in [6.07, 6.45) is 3.15. The Bertz CT molecular complexity index is 325. The number of aliphatic hydroxyl groups excluding tert-OH is 2. The maximum Gasteiger partial charge on any atom is 0.142 e. The second-order valence-electron chi connectivity index (χ2n) is 2.99. The van der Waals surface area contributed by atoms with E-state index in [0.717, 1.165) is 11.1 Å². The predicted octanol–water partition coefficient (Wildman–Crippen LogP) is 1.01. The quantitative estimate of drug-likeness (QED) is 0.604. The van der Waals surface area contributed by atoms with Crippen LogP contribution in [0.3, 0.4) is 0 Å². The molecule has 0 saturated heterocycles. The van der Waals surface area contributed by atoms with Gasteiger partial charge in [-0.15, -0.1) is 0 Å². The molecular formula is C9H10O3. The molecule has 3 heteroatoms. The third-order valence-electron chi connectivity index (χ3n) is 2.11. The largest absolute Gasteiger partial charge is 0.466 e. The van der Waals surface area contributed by atoms with Crippen LogP contribution in [0.15, 0.2) is 16.8 Å². The first-order chi connectivity index (χ1) is 5.70. The second-order valence-corrected chi connectivity index (χ2v) is 2.99. The molecule has 2 N–H and O–H groups in total. The summed E-state index contributed by atoms with van der Waals surface area (Å²) in [5, 5.41) is 18.7. The molecule has 2 rings (SSSR count). The van der Waals surface area contributed by atoms with Gasteiger partial charge in [0.1, 0.15) is 18.0 Å². The lowest BCUT2D eigenvalue weighted by atomic mass is 9.98. The molecule has 0 fully saturated rings. The average Bonchev–Trinajstić information content (AvgIpc) is 2.41. The Morgan fingerprint density at radius 2 is 2.17 bits per heavy atom. The minimum absolute atomic E-state index is 0.461. The van der Waals surface area contributed by atoms with Crippen molar-refractivity contribution in [1.29, 1.82) is 0 Å². The van der Waals surface area contributed by atoms with Crippen molar-refractivity contribution >= 4 is 6.08 Å². The van der Waals surface area contributed by atoms with Crippen LogP contribution in [-0.4, -0.2) is 16.3 Å². The average molecular weight is 166 g/mol. The van der Waals surface area contributed by atoms with Crippen molar-refractivity contribution in [3.05, 3.63) is 29.2 Å². The molecule has 3 nitrogen and oxygen atoms in total. The van der Waals surface area contributed by atoms with Gasteiger partial charge in [-0.2, -0.15) is 0 Å². The molecule has 0 saturated carbocycles. The van der Waals surface area contributed by atoms with Gasteiger partial charge >= 0.3 is 0 Å². The summed E-state index contributed by atoms with van der Waals surface area (Å²) >= 11 is 0. The van der Waals surface area contributed by atoms with Crippen molar-refractivity contribution < 1.29 is 14.6 Å². The minimum atomic E-state index is -0.918.